The van der Waals surface area contributed by atoms with Crippen molar-refractivity contribution in [1.82, 2.24) is 20.2 Å². The highest BCUT2D eigenvalue weighted by Gasteiger charge is 2.35. The van der Waals surface area contributed by atoms with Crippen LogP contribution in [0.2, 0.25) is 0 Å². The van der Waals surface area contributed by atoms with Gasteiger partial charge >= 0.3 is 0 Å². The first-order valence-electron chi connectivity index (χ1n) is 3.10. The predicted octanol–water partition coefficient (Wildman–Crippen LogP) is 0.254. The van der Waals surface area contributed by atoms with Crippen LogP contribution >= 0.6 is 0 Å². The van der Waals surface area contributed by atoms with E-state index in [0.717, 1.165) is 5.92 Å². The Kier molecular flexibility index (Phi) is 0.831. The summed E-state index contributed by atoms with van der Waals surface area (Å²) in [6.07, 6.45) is 2.90. The zero-order chi connectivity index (χ0) is 6.27. The third kappa shape index (κ3) is 0.704. The molecule has 0 spiro atoms. The van der Waals surface area contributed by atoms with Gasteiger partial charge in [0.15, 0.2) is 0 Å². The Labute approximate surface area is 52.9 Å². The molecule has 48 valence electrons. The number of nitrogens with zero attached hydrogens (tertiary/aromatic N) is 4. The van der Waals surface area contributed by atoms with E-state index in [9.17, 15) is 0 Å². The average molecular weight is 124 g/mol. The molecular weight excluding hydrogens is 116 g/mol. The molecule has 0 saturated heterocycles. The fraction of sp³-hybridized carbons (Fsp3) is 0.800. The normalized spacial score (nSPS) is 32.6. The van der Waals surface area contributed by atoms with Crippen LogP contribution in [-0.4, -0.2) is 20.2 Å². The molecule has 0 N–H and O–H groups in total. The molecule has 0 bridgehead atoms. The lowest BCUT2D eigenvalue weighted by Crippen LogP contribution is -1.95. The summed E-state index contributed by atoms with van der Waals surface area (Å²) < 4.78 is 1.82. The van der Waals surface area contributed by atoms with Gasteiger partial charge in [-0.2, -0.15) is 0 Å². The van der Waals surface area contributed by atoms with Crippen molar-refractivity contribution in [3.05, 3.63) is 6.33 Å². The number of tetrazole rings is 1. The van der Waals surface area contributed by atoms with Gasteiger partial charge in [-0.05, 0) is 22.8 Å². The minimum absolute atomic E-state index is 0.583. The van der Waals surface area contributed by atoms with Gasteiger partial charge in [-0.25, -0.2) is 4.68 Å². The van der Waals surface area contributed by atoms with Gasteiger partial charge in [0.05, 0.1) is 6.04 Å². The molecule has 1 heterocycles. The van der Waals surface area contributed by atoms with Crippen molar-refractivity contribution in [2.75, 3.05) is 0 Å². The van der Waals surface area contributed by atoms with Crippen molar-refractivity contribution in [3.63, 3.8) is 0 Å². The molecular formula is C5H8N4. The molecule has 0 unspecified atom stereocenters. The first-order valence-corrected chi connectivity index (χ1v) is 3.10. The summed E-state index contributed by atoms with van der Waals surface area (Å²) in [4.78, 5) is 0. The maximum absolute atomic E-state index is 3.78. The Morgan fingerprint density at radius 3 is 2.89 bits per heavy atom. The van der Waals surface area contributed by atoms with Crippen molar-refractivity contribution in [2.45, 2.75) is 19.4 Å². The quantitative estimate of drug-likeness (QED) is 0.539. The molecule has 0 amide bonds. The molecule has 2 rings (SSSR count). The van der Waals surface area contributed by atoms with Crippen molar-refractivity contribution in [3.8, 4) is 0 Å². The van der Waals surface area contributed by atoms with Crippen molar-refractivity contribution >= 4 is 0 Å². The zero-order valence-electron chi connectivity index (χ0n) is 5.23. The molecule has 4 heteroatoms. The van der Waals surface area contributed by atoms with Gasteiger partial charge in [0.1, 0.15) is 6.33 Å². The Morgan fingerprint density at radius 1 is 1.67 bits per heavy atom. The minimum Gasteiger partial charge on any atom is -0.229 e. The van der Waals surface area contributed by atoms with Crippen LogP contribution in [-0.2, 0) is 0 Å². The fourth-order valence-corrected chi connectivity index (χ4v) is 0.991. The van der Waals surface area contributed by atoms with Crippen LogP contribution in [0.1, 0.15) is 19.4 Å². The monoisotopic (exact) mass is 124 g/mol. The van der Waals surface area contributed by atoms with Crippen molar-refractivity contribution in [2.24, 2.45) is 5.92 Å². The van der Waals surface area contributed by atoms with Crippen LogP contribution in [0, 0.1) is 5.92 Å². The van der Waals surface area contributed by atoms with Crippen LogP contribution in [0.5, 0.6) is 0 Å². The first kappa shape index (κ1) is 4.90. The maximum atomic E-state index is 3.78. The largest absolute Gasteiger partial charge is 0.229 e. The Morgan fingerprint density at radius 2 is 2.44 bits per heavy atom. The fourth-order valence-electron chi connectivity index (χ4n) is 0.991. The molecule has 1 aromatic heterocycles. The molecule has 1 aliphatic rings. The Bertz CT molecular complexity index is 193. The van der Waals surface area contributed by atoms with E-state index in [2.05, 4.69) is 22.4 Å². The predicted molar refractivity (Wildman–Crippen MR) is 30.6 cm³/mol. The number of rotatable bonds is 1. The highest BCUT2D eigenvalue weighted by molar-refractivity contribution is 4.86. The second kappa shape index (κ2) is 1.52. The van der Waals surface area contributed by atoms with Crippen LogP contribution in [0.4, 0.5) is 0 Å². The van der Waals surface area contributed by atoms with E-state index >= 15 is 0 Å². The molecule has 1 aliphatic carbocycles. The molecule has 1 aromatic rings. The number of hydrogen-bond donors (Lipinski definition) is 0. The van der Waals surface area contributed by atoms with E-state index in [-0.39, 0.29) is 0 Å². The molecule has 0 radical (unpaired) electrons. The molecule has 1 saturated carbocycles. The summed E-state index contributed by atoms with van der Waals surface area (Å²) in [6, 6.07) is 0.583. The van der Waals surface area contributed by atoms with Gasteiger partial charge in [0.25, 0.3) is 0 Å². The molecule has 9 heavy (non-hydrogen) atoms. The highest BCUT2D eigenvalue weighted by Crippen LogP contribution is 2.41. The van der Waals surface area contributed by atoms with Crippen molar-refractivity contribution in [1.29, 1.82) is 0 Å². The van der Waals surface area contributed by atoms with E-state index < -0.39 is 0 Å². The maximum Gasteiger partial charge on any atom is 0.138 e. The summed E-state index contributed by atoms with van der Waals surface area (Å²) in [7, 11) is 0. The summed E-state index contributed by atoms with van der Waals surface area (Å²) >= 11 is 0. The SMILES string of the molecule is C[C@H]1C[C@H]1n1cnnn1. The third-order valence-electron chi connectivity index (χ3n) is 1.77. The zero-order valence-corrected chi connectivity index (χ0v) is 5.23. The van der Waals surface area contributed by atoms with Crippen LogP contribution in [0.15, 0.2) is 6.33 Å². The van der Waals surface area contributed by atoms with Crippen molar-refractivity contribution < 1.29 is 0 Å². The lowest BCUT2D eigenvalue weighted by molar-refractivity contribution is 0.579. The van der Waals surface area contributed by atoms with Gasteiger partial charge in [-0.15, -0.1) is 5.10 Å². The van der Waals surface area contributed by atoms with Crippen LogP contribution < -0.4 is 0 Å². The van der Waals surface area contributed by atoms with Gasteiger partial charge < -0.3 is 0 Å². The van der Waals surface area contributed by atoms with Crippen LogP contribution in [0.25, 0.3) is 0 Å². The number of hydrogen-bond acceptors (Lipinski definition) is 3. The third-order valence-corrected chi connectivity index (χ3v) is 1.77. The average Bonchev–Trinajstić information content (AvgIpc) is 2.44. The van der Waals surface area contributed by atoms with Gasteiger partial charge in [-0.1, -0.05) is 6.92 Å². The molecule has 2 atom stereocenters. The summed E-state index contributed by atoms with van der Waals surface area (Å²) in [5, 5.41) is 10.9. The van der Waals surface area contributed by atoms with E-state index in [4.69, 9.17) is 0 Å². The summed E-state index contributed by atoms with van der Waals surface area (Å²) in [5.74, 6) is 0.772. The smallest absolute Gasteiger partial charge is 0.138 e. The Hall–Kier alpha value is -0.930. The lowest BCUT2D eigenvalue weighted by atomic mass is 10.5. The van der Waals surface area contributed by atoms with E-state index in [1.165, 1.54) is 6.42 Å². The molecule has 4 nitrogen and oxygen atoms in total. The lowest BCUT2D eigenvalue weighted by Gasteiger charge is -1.89. The topological polar surface area (TPSA) is 43.6 Å². The van der Waals surface area contributed by atoms with E-state index in [0.29, 0.717) is 6.04 Å². The summed E-state index contributed by atoms with van der Waals surface area (Å²) in [6.45, 7) is 2.20. The van der Waals surface area contributed by atoms with E-state index in [1.807, 2.05) is 4.68 Å². The Balaban J connectivity index is 2.18. The van der Waals surface area contributed by atoms with Gasteiger partial charge in [0.2, 0.25) is 0 Å². The van der Waals surface area contributed by atoms with Crippen LogP contribution in [0.3, 0.4) is 0 Å². The molecule has 0 aliphatic heterocycles. The number of aromatic nitrogens is 4. The highest BCUT2D eigenvalue weighted by atomic mass is 15.5. The second-order valence-corrected chi connectivity index (χ2v) is 2.57. The van der Waals surface area contributed by atoms with E-state index in [1.54, 1.807) is 6.33 Å². The van der Waals surface area contributed by atoms with Gasteiger partial charge in [-0.3, -0.25) is 0 Å². The minimum atomic E-state index is 0.583. The second-order valence-electron chi connectivity index (χ2n) is 2.57. The van der Waals surface area contributed by atoms with Gasteiger partial charge in [0, 0.05) is 0 Å². The first-order chi connectivity index (χ1) is 4.38. The summed E-state index contributed by atoms with van der Waals surface area (Å²) in [5.41, 5.74) is 0. The molecule has 0 aromatic carbocycles. The standard InChI is InChI=1S/C5H8N4/c1-4-2-5(4)9-3-6-7-8-9/h3-5H,2H2,1H3/t4-,5+/m0/s1. The molecule has 1 fully saturated rings.